The van der Waals surface area contributed by atoms with Crippen molar-refractivity contribution in [3.05, 3.63) is 71.8 Å². The highest BCUT2D eigenvalue weighted by Crippen LogP contribution is 2.36. The highest BCUT2D eigenvalue weighted by molar-refractivity contribution is 5.94. The quantitative estimate of drug-likeness (QED) is 0.831. The number of amides is 1. The molecule has 0 spiro atoms. The first-order valence-corrected chi connectivity index (χ1v) is 7.95. The molecule has 1 amide bonds. The molecule has 22 heavy (non-hydrogen) atoms. The Bertz CT molecular complexity index is 633. The molecule has 1 heterocycles. The number of nitrogens with zero attached hydrogens (tertiary/aromatic N) is 1. The molecule has 1 aliphatic heterocycles. The molecule has 1 fully saturated rings. The molecular weight excluding hydrogens is 270 g/mol. The van der Waals surface area contributed by atoms with Crippen LogP contribution in [0.2, 0.25) is 0 Å². The Labute approximate surface area is 132 Å². The summed E-state index contributed by atoms with van der Waals surface area (Å²) in [6.45, 7) is 5.34. The van der Waals surface area contributed by atoms with Gasteiger partial charge >= 0.3 is 0 Å². The summed E-state index contributed by atoms with van der Waals surface area (Å²) in [7, 11) is 0. The van der Waals surface area contributed by atoms with Crippen molar-refractivity contribution in [3.8, 4) is 0 Å². The lowest BCUT2D eigenvalue weighted by Gasteiger charge is -2.25. The first kappa shape index (κ1) is 14.8. The third kappa shape index (κ3) is 3.22. The zero-order valence-electron chi connectivity index (χ0n) is 13.3. The van der Waals surface area contributed by atoms with Crippen molar-refractivity contribution < 1.29 is 4.79 Å². The number of rotatable bonds is 3. The van der Waals surface area contributed by atoms with E-state index in [1.54, 1.807) is 0 Å². The van der Waals surface area contributed by atoms with Gasteiger partial charge in [-0.05, 0) is 36.0 Å². The maximum Gasteiger partial charge on any atom is 0.254 e. The summed E-state index contributed by atoms with van der Waals surface area (Å²) in [6.07, 6.45) is 1.99. The summed E-state index contributed by atoms with van der Waals surface area (Å²) < 4.78 is 0. The monoisotopic (exact) mass is 293 g/mol. The van der Waals surface area contributed by atoms with Crippen LogP contribution in [0.4, 0.5) is 0 Å². The van der Waals surface area contributed by atoms with Crippen molar-refractivity contribution in [1.82, 2.24) is 4.90 Å². The zero-order chi connectivity index (χ0) is 15.6. The van der Waals surface area contributed by atoms with E-state index < -0.39 is 0 Å². The molecule has 0 aliphatic carbocycles. The van der Waals surface area contributed by atoms with Gasteiger partial charge in [-0.1, -0.05) is 62.4 Å². The van der Waals surface area contributed by atoms with Crippen LogP contribution in [0.3, 0.4) is 0 Å². The molecular formula is C20H23NO. The Kier molecular flexibility index (Phi) is 4.02. The van der Waals surface area contributed by atoms with Crippen molar-refractivity contribution in [2.24, 2.45) is 5.41 Å². The molecule has 3 rings (SSSR count). The van der Waals surface area contributed by atoms with Gasteiger partial charge in [0.05, 0.1) is 0 Å². The SMILES string of the molecule is CC1(C)C[C@H](Cc2ccccc2)N(C(=O)c2ccccc2)C1. The smallest absolute Gasteiger partial charge is 0.254 e. The standard InChI is InChI=1S/C20H23NO/c1-20(2)14-18(13-16-9-5-3-6-10-16)21(15-20)19(22)17-11-7-4-8-12-17/h3-12,18H,13-15H2,1-2H3/t18-/m0/s1. The van der Waals surface area contributed by atoms with Gasteiger partial charge in [0.15, 0.2) is 0 Å². The predicted octanol–water partition coefficient (Wildman–Crippen LogP) is 4.17. The first-order chi connectivity index (χ1) is 10.6. The van der Waals surface area contributed by atoms with Crippen molar-refractivity contribution >= 4 is 5.91 Å². The lowest BCUT2D eigenvalue weighted by atomic mass is 9.89. The summed E-state index contributed by atoms with van der Waals surface area (Å²) in [6, 6.07) is 20.4. The lowest BCUT2D eigenvalue weighted by molar-refractivity contribution is 0.0726. The minimum atomic E-state index is 0.159. The van der Waals surface area contributed by atoms with Crippen molar-refractivity contribution in [1.29, 1.82) is 0 Å². The van der Waals surface area contributed by atoms with Crippen molar-refractivity contribution in [2.45, 2.75) is 32.7 Å². The molecule has 1 saturated heterocycles. The van der Waals surface area contributed by atoms with Crippen LogP contribution in [0, 0.1) is 5.41 Å². The molecule has 0 aromatic heterocycles. The Morgan fingerprint density at radius 2 is 1.64 bits per heavy atom. The summed E-state index contributed by atoms with van der Waals surface area (Å²) in [5.41, 5.74) is 2.28. The van der Waals surface area contributed by atoms with Crippen LogP contribution < -0.4 is 0 Å². The summed E-state index contributed by atoms with van der Waals surface area (Å²) >= 11 is 0. The van der Waals surface area contributed by atoms with E-state index in [1.165, 1.54) is 5.56 Å². The van der Waals surface area contributed by atoms with E-state index in [2.05, 4.69) is 43.0 Å². The number of hydrogen-bond acceptors (Lipinski definition) is 1. The van der Waals surface area contributed by atoms with Crippen LogP contribution in [-0.4, -0.2) is 23.4 Å². The average Bonchev–Trinajstić information content (AvgIpc) is 2.83. The second-order valence-corrected chi connectivity index (χ2v) is 7.01. The fraction of sp³-hybridized carbons (Fsp3) is 0.350. The van der Waals surface area contributed by atoms with Crippen molar-refractivity contribution in [3.63, 3.8) is 0 Å². The van der Waals surface area contributed by atoms with Crippen LogP contribution in [0.5, 0.6) is 0 Å². The molecule has 2 nitrogen and oxygen atoms in total. The number of carbonyl (C=O) groups excluding carboxylic acids is 1. The minimum absolute atomic E-state index is 0.159. The molecule has 1 atom stereocenters. The molecule has 2 heteroatoms. The Morgan fingerprint density at radius 1 is 1.05 bits per heavy atom. The van der Waals surface area contributed by atoms with E-state index in [0.29, 0.717) is 0 Å². The fourth-order valence-electron chi connectivity index (χ4n) is 3.46. The van der Waals surface area contributed by atoms with Crippen LogP contribution >= 0.6 is 0 Å². The third-order valence-corrected chi connectivity index (χ3v) is 4.42. The van der Waals surface area contributed by atoms with Crippen molar-refractivity contribution in [2.75, 3.05) is 6.54 Å². The normalized spacial score (nSPS) is 20.1. The van der Waals surface area contributed by atoms with Gasteiger partial charge in [0.25, 0.3) is 5.91 Å². The maximum absolute atomic E-state index is 12.9. The number of likely N-dealkylation sites (tertiary alicyclic amines) is 1. The maximum atomic E-state index is 12.9. The molecule has 2 aromatic rings. The highest BCUT2D eigenvalue weighted by Gasteiger charge is 2.39. The third-order valence-electron chi connectivity index (χ3n) is 4.42. The number of hydrogen-bond donors (Lipinski definition) is 0. The van der Waals surface area contributed by atoms with Gasteiger partial charge in [0.2, 0.25) is 0 Å². The van der Waals surface area contributed by atoms with Gasteiger partial charge in [0.1, 0.15) is 0 Å². The van der Waals surface area contributed by atoms with Gasteiger partial charge in [-0.2, -0.15) is 0 Å². The first-order valence-electron chi connectivity index (χ1n) is 7.95. The molecule has 0 saturated carbocycles. The molecule has 114 valence electrons. The van der Waals surface area contributed by atoms with Crippen LogP contribution in [-0.2, 0) is 6.42 Å². The highest BCUT2D eigenvalue weighted by atomic mass is 16.2. The van der Waals surface area contributed by atoms with E-state index in [1.807, 2.05) is 36.4 Å². The van der Waals surface area contributed by atoms with Gasteiger partial charge in [0, 0.05) is 18.2 Å². The van der Waals surface area contributed by atoms with E-state index in [9.17, 15) is 4.79 Å². The molecule has 1 aliphatic rings. The summed E-state index contributed by atoms with van der Waals surface area (Å²) in [4.78, 5) is 14.9. The van der Waals surface area contributed by atoms with E-state index in [-0.39, 0.29) is 17.4 Å². The van der Waals surface area contributed by atoms with Gasteiger partial charge in [-0.25, -0.2) is 0 Å². The fourth-order valence-corrected chi connectivity index (χ4v) is 3.46. The lowest BCUT2D eigenvalue weighted by Crippen LogP contribution is -2.37. The Balaban J connectivity index is 1.82. The van der Waals surface area contributed by atoms with E-state index in [0.717, 1.165) is 24.9 Å². The second kappa shape index (κ2) is 5.96. The minimum Gasteiger partial charge on any atom is -0.335 e. The molecule has 0 radical (unpaired) electrons. The molecule has 0 bridgehead atoms. The molecule has 2 aromatic carbocycles. The number of carbonyl (C=O) groups is 1. The topological polar surface area (TPSA) is 20.3 Å². The van der Waals surface area contributed by atoms with Gasteiger partial charge in [-0.3, -0.25) is 4.79 Å². The zero-order valence-corrected chi connectivity index (χ0v) is 13.3. The van der Waals surface area contributed by atoms with Gasteiger partial charge < -0.3 is 4.90 Å². The largest absolute Gasteiger partial charge is 0.335 e. The van der Waals surface area contributed by atoms with Gasteiger partial charge in [-0.15, -0.1) is 0 Å². The Hall–Kier alpha value is -2.09. The predicted molar refractivity (Wildman–Crippen MR) is 89.8 cm³/mol. The number of benzene rings is 2. The van der Waals surface area contributed by atoms with Crippen LogP contribution in [0.15, 0.2) is 60.7 Å². The van der Waals surface area contributed by atoms with Crippen LogP contribution in [0.25, 0.3) is 0 Å². The van der Waals surface area contributed by atoms with E-state index >= 15 is 0 Å². The molecule has 0 N–H and O–H groups in total. The Morgan fingerprint density at radius 3 is 2.27 bits per heavy atom. The average molecular weight is 293 g/mol. The van der Waals surface area contributed by atoms with E-state index in [4.69, 9.17) is 0 Å². The second-order valence-electron chi connectivity index (χ2n) is 7.01. The summed E-state index contributed by atoms with van der Waals surface area (Å²) in [5.74, 6) is 0.159. The molecule has 0 unspecified atom stereocenters. The summed E-state index contributed by atoms with van der Waals surface area (Å²) in [5, 5.41) is 0. The van der Waals surface area contributed by atoms with Crippen LogP contribution in [0.1, 0.15) is 36.2 Å².